The summed E-state index contributed by atoms with van der Waals surface area (Å²) in [6.07, 6.45) is 0.899. The van der Waals surface area contributed by atoms with Crippen LogP contribution in [0.5, 0.6) is 0 Å². The molecular weight excluding hydrogens is 248 g/mol. The summed E-state index contributed by atoms with van der Waals surface area (Å²) in [6.45, 7) is 4.07. The zero-order valence-corrected chi connectivity index (χ0v) is 11.6. The van der Waals surface area contributed by atoms with E-state index in [1.165, 1.54) is 0 Å². The average Bonchev–Trinajstić information content (AvgIpc) is 2.43. The summed E-state index contributed by atoms with van der Waals surface area (Å²) in [6, 6.07) is 9.37. The van der Waals surface area contributed by atoms with Gasteiger partial charge in [0, 0.05) is 5.57 Å². The highest BCUT2D eigenvalue weighted by atomic mass is 35.5. The maximum absolute atomic E-state index is 12.4. The third-order valence-corrected chi connectivity index (χ3v) is 4.16. The summed E-state index contributed by atoms with van der Waals surface area (Å²) in [7, 11) is 1.57. The zero-order valence-electron chi connectivity index (χ0n) is 10.9. The van der Waals surface area contributed by atoms with Gasteiger partial charge >= 0.3 is 0 Å². The van der Waals surface area contributed by atoms with Crippen molar-refractivity contribution in [3.63, 3.8) is 0 Å². The van der Waals surface area contributed by atoms with E-state index < -0.39 is 4.87 Å². The number of carbonyl (C=O) groups excluding carboxylic acids is 1. The molecule has 0 aliphatic heterocycles. The Hall–Kier alpha value is -1.28. The van der Waals surface area contributed by atoms with E-state index in [4.69, 9.17) is 16.3 Å². The molecule has 1 aliphatic carbocycles. The summed E-state index contributed by atoms with van der Waals surface area (Å²) < 4.78 is 5.39. The van der Waals surface area contributed by atoms with Gasteiger partial charge in [-0.05, 0) is 17.9 Å². The molecule has 0 bridgehead atoms. The molecule has 0 saturated carbocycles. The van der Waals surface area contributed by atoms with Gasteiger partial charge in [0.2, 0.25) is 0 Å². The number of Topliss-reactive ketones (excluding diaryl/α,β-unsaturated/α-hetero) is 1. The molecule has 2 rings (SSSR count). The minimum atomic E-state index is -1.12. The monoisotopic (exact) mass is 264 g/mol. The molecule has 1 aromatic rings. The lowest BCUT2D eigenvalue weighted by atomic mass is 9.71. The molecule has 2 unspecified atom stereocenters. The van der Waals surface area contributed by atoms with Gasteiger partial charge in [-0.1, -0.05) is 55.8 Å². The van der Waals surface area contributed by atoms with E-state index >= 15 is 0 Å². The summed E-state index contributed by atoms with van der Waals surface area (Å²) in [5, 5.41) is 0. The molecule has 0 amide bonds. The first-order valence-corrected chi connectivity index (χ1v) is 6.53. The molecule has 18 heavy (non-hydrogen) atoms. The van der Waals surface area contributed by atoms with Crippen LogP contribution in [0.15, 0.2) is 41.7 Å². The van der Waals surface area contributed by atoms with Gasteiger partial charge in [-0.2, -0.15) is 0 Å². The Bertz CT molecular complexity index is 492. The molecule has 0 N–H and O–H groups in total. The maximum Gasteiger partial charge on any atom is 0.195 e. The molecule has 0 spiro atoms. The second-order valence-electron chi connectivity index (χ2n) is 4.61. The number of ether oxygens (including phenoxy) is 1. The highest BCUT2D eigenvalue weighted by Gasteiger charge is 2.56. The molecule has 1 aliphatic rings. The van der Waals surface area contributed by atoms with Crippen molar-refractivity contribution < 1.29 is 9.53 Å². The standard InChI is InChI=1S/C15H17ClO2/c1-4-10(2)12-13(17)15(16,14(12)18-3)11-8-6-5-7-9-11/h5-10H,4H2,1-3H3. The topological polar surface area (TPSA) is 26.3 Å². The number of hydrogen-bond acceptors (Lipinski definition) is 2. The number of allylic oxidation sites excluding steroid dienone is 2. The van der Waals surface area contributed by atoms with Crippen LogP contribution in [0.4, 0.5) is 0 Å². The third kappa shape index (κ3) is 1.67. The fourth-order valence-electron chi connectivity index (χ4n) is 2.35. The lowest BCUT2D eigenvalue weighted by Crippen LogP contribution is -2.46. The van der Waals surface area contributed by atoms with Gasteiger partial charge in [0.1, 0.15) is 5.76 Å². The van der Waals surface area contributed by atoms with Crippen LogP contribution in [0.1, 0.15) is 25.8 Å². The lowest BCUT2D eigenvalue weighted by Gasteiger charge is -2.40. The summed E-state index contributed by atoms with van der Waals surface area (Å²) >= 11 is 6.51. The van der Waals surface area contributed by atoms with E-state index in [1.54, 1.807) is 7.11 Å². The number of alkyl halides is 1. The van der Waals surface area contributed by atoms with Gasteiger partial charge in [0.15, 0.2) is 10.7 Å². The van der Waals surface area contributed by atoms with Crippen LogP contribution in [0, 0.1) is 5.92 Å². The van der Waals surface area contributed by atoms with Crippen LogP contribution in [0.2, 0.25) is 0 Å². The van der Waals surface area contributed by atoms with Crippen LogP contribution < -0.4 is 0 Å². The number of rotatable bonds is 4. The molecular formula is C15H17ClO2. The second kappa shape index (κ2) is 4.77. The van der Waals surface area contributed by atoms with Crippen molar-refractivity contribution in [2.75, 3.05) is 7.11 Å². The molecule has 2 atom stereocenters. The van der Waals surface area contributed by atoms with Crippen molar-refractivity contribution in [3.05, 3.63) is 47.2 Å². The number of methoxy groups -OCH3 is 1. The molecule has 2 nitrogen and oxygen atoms in total. The van der Waals surface area contributed by atoms with Crippen molar-refractivity contribution in [2.24, 2.45) is 5.92 Å². The van der Waals surface area contributed by atoms with Gasteiger partial charge in [-0.25, -0.2) is 0 Å². The van der Waals surface area contributed by atoms with Crippen molar-refractivity contribution in [3.8, 4) is 0 Å². The Balaban J connectivity index is 2.49. The first kappa shape index (κ1) is 13.2. The van der Waals surface area contributed by atoms with Crippen LogP contribution in [-0.4, -0.2) is 12.9 Å². The minimum Gasteiger partial charge on any atom is -0.498 e. The minimum absolute atomic E-state index is 0.0263. The third-order valence-electron chi connectivity index (χ3n) is 3.60. The molecule has 96 valence electrons. The number of hydrogen-bond donors (Lipinski definition) is 0. The molecule has 0 fully saturated rings. The van der Waals surface area contributed by atoms with Gasteiger partial charge in [0.25, 0.3) is 0 Å². The van der Waals surface area contributed by atoms with Crippen molar-refractivity contribution in [1.82, 2.24) is 0 Å². The average molecular weight is 265 g/mol. The summed E-state index contributed by atoms with van der Waals surface area (Å²) in [5.41, 5.74) is 1.51. The highest BCUT2D eigenvalue weighted by molar-refractivity contribution is 6.43. The fraction of sp³-hybridized carbons (Fsp3) is 0.400. The van der Waals surface area contributed by atoms with Crippen LogP contribution >= 0.6 is 11.6 Å². The molecule has 0 aromatic heterocycles. The van der Waals surface area contributed by atoms with Crippen LogP contribution in [-0.2, 0) is 14.4 Å². The van der Waals surface area contributed by atoms with Gasteiger partial charge in [0.05, 0.1) is 7.11 Å². The number of ketones is 1. The van der Waals surface area contributed by atoms with E-state index in [0.717, 1.165) is 17.6 Å². The van der Waals surface area contributed by atoms with Crippen molar-refractivity contribution >= 4 is 17.4 Å². The summed E-state index contributed by atoms with van der Waals surface area (Å²) in [5.74, 6) is 0.763. The van der Waals surface area contributed by atoms with Crippen molar-refractivity contribution in [2.45, 2.75) is 25.1 Å². The Labute approximate surface area is 113 Å². The Morgan fingerprint density at radius 1 is 1.33 bits per heavy atom. The van der Waals surface area contributed by atoms with E-state index in [9.17, 15) is 4.79 Å². The molecule has 0 heterocycles. The van der Waals surface area contributed by atoms with E-state index in [0.29, 0.717) is 5.76 Å². The largest absolute Gasteiger partial charge is 0.498 e. The Morgan fingerprint density at radius 2 is 1.94 bits per heavy atom. The summed E-state index contributed by atoms with van der Waals surface area (Å²) in [4.78, 5) is 11.3. The van der Waals surface area contributed by atoms with E-state index in [1.807, 2.05) is 37.3 Å². The normalized spacial score (nSPS) is 24.8. The Morgan fingerprint density at radius 3 is 2.44 bits per heavy atom. The lowest BCUT2D eigenvalue weighted by molar-refractivity contribution is -0.122. The fourth-order valence-corrected chi connectivity index (χ4v) is 2.75. The quantitative estimate of drug-likeness (QED) is 0.776. The van der Waals surface area contributed by atoms with Gasteiger partial charge in [-0.15, -0.1) is 0 Å². The first-order valence-electron chi connectivity index (χ1n) is 6.15. The first-order chi connectivity index (χ1) is 8.57. The Kier molecular flexibility index (Phi) is 3.49. The predicted octanol–water partition coefficient (Wildman–Crippen LogP) is 3.65. The van der Waals surface area contributed by atoms with Crippen LogP contribution in [0.3, 0.4) is 0 Å². The van der Waals surface area contributed by atoms with Crippen LogP contribution in [0.25, 0.3) is 0 Å². The number of carbonyl (C=O) groups is 1. The van der Waals surface area contributed by atoms with E-state index in [2.05, 4.69) is 6.92 Å². The maximum atomic E-state index is 12.4. The van der Waals surface area contributed by atoms with E-state index in [-0.39, 0.29) is 11.7 Å². The number of benzene rings is 1. The highest BCUT2D eigenvalue weighted by Crippen LogP contribution is 2.51. The molecule has 3 heteroatoms. The smallest absolute Gasteiger partial charge is 0.195 e. The molecule has 1 aromatic carbocycles. The number of halogens is 1. The molecule has 0 radical (unpaired) electrons. The van der Waals surface area contributed by atoms with Gasteiger partial charge < -0.3 is 4.74 Å². The van der Waals surface area contributed by atoms with Gasteiger partial charge in [-0.3, -0.25) is 4.79 Å². The van der Waals surface area contributed by atoms with Crippen molar-refractivity contribution in [1.29, 1.82) is 0 Å². The second-order valence-corrected chi connectivity index (χ2v) is 5.18. The molecule has 0 saturated heterocycles. The SMILES string of the molecule is CCC(C)C1=C(OC)C(Cl)(c2ccccc2)C1=O. The zero-order chi connectivity index (χ0) is 13.3. The predicted molar refractivity (Wildman–Crippen MR) is 72.5 cm³/mol.